The zero-order valence-corrected chi connectivity index (χ0v) is 15.3. The van der Waals surface area contributed by atoms with Gasteiger partial charge in [0.05, 0.1) is 12.1 Å². The first-order valence-electron chi connectivity index (χ1n) is 8.05. The summed E-state index contributed by atoms with van der Waals surface area (Å²) in [5, 5.41) is 6.40. The monoisotopic (exact) mass is 366 g/mol. The van der Waals surface area contributed by atoms with E-state index in [1.165, 1.54) is 18.3 Å². The highest BCUT2D eigenvalue weighted by atomic mass is 32.1. The third-order valence-electron chi connectivity index (χ3n) is 3.59. The van der Waals surface area contributed by atoms with Crippen molar-refractivity contribution in [3.8, 4) is 10.6 Å². The van der Waals surface area contributed by atoms with Gasteiger partial charge in [0.25, 0.3) is 0 Å². The van der Waals surface area contributed by atoms with Gasteiger partial charge in [-0.15, -0.1) is 11.3 Å². The molecule has 132 valence electrons. The fourth-order valence-corrected chi connectivity index (χ4v) is 3.48. The standard InChI is InChI=1S/C19H18N4O2S/c1-12-17(26-19(21-12)14-5-4-8-20-11-14)10-18(25)23-16-7-3-6-15(9-16)22-13(2)24/h3-9,11H,10H2,1-2H3,(H,22,24)(H,23,25). The van der Waals surface area contributed by atoms with Gasteiger partial charge in [-0.25, -0.2) is 4.98 Å². The molecule has 0 fully saturated rings. The number of carbonyl (C=O) groups is 2. The zero-order chi connectivity index (χ0) is 18.5. The van der Waals surface area contributed by atoms with E-state index in [9.17, 15) is 9.59 Å². The molecule has 2 heterocycles. The molecule has 3 aromatic rings. The van der Waals surface area contributed by atoms with Gasteiger partial charge in [-0.1, -0.05) is 6.07 Å². The summed E-state index contributed by atoms with van der Waals surface area (Å²) in [4.78, 5) is 33.1. The predicted molar refractivity (Wildman–Crippen MR) is 103 cm³/mol. The average Bonchev–Trinajstić information content (AvgIpc) is 2.96. The Morgan fingerprint density at radius 1 is 1.12 bits per heavy atom. The van der Waals surface area contributed by atoms with Crippen LogP contribution in [0.5, 0.6) is 0 Å². The summed E-state index contributed by atoms with van der Waals surface area (Å²) in [5.74, 6) is -0.286. The number of nitrogens with zero attached hydrogens (tertiary/aromatic N) is 2. The van der Waals surface area contributed by atoms with Crippen molar-refractivity contribution in [3.05, 3.63) is 59.4 Å². The fourth-order valence-electron chi connectivity index (χ4n) is 2.43. The Hall–Kier alpha value is -3.06. The Bertz CT molecular complexity index is 938. The number of hydrogen-bond donors (Lipinski definition) is 2. The second-order valence-corrected chi connectivity index (χ2v) is 6.84. The van der Waals surface area contributed by atoms with Crippen LogP contribution in [0.3, 0.4) is 0 Å². The van der Waals surface area contributed by atoms with E-state index in [1.54, 1.807) is 36.7 Å². The molecule has 2 amide bonds. The predicted octanol–water partition coefficient (Wildman–Crippen LogP) is 3.65. The van der Waals surface area contributed by atoms with Crippen LogP contribution in [-0.4, -0.2) is 21.8 Å². The van der Waals surface area contributed by atoms with E-state index in [-0.39, 0.29) is 18.2 Å². The van der Waals surface area contributed by atoms with Gasteiger partial charge in [0.2, 0.25) is 11.8 Å². The summed E-state index contributed by atoms with van der Waals surface area (Å²) >= 11 is 1.49. The van der Waals surface area contributed by atoms with E-state index in [2.05, 4.69) is 20.6 Å². The van der Waals surface area contributed by atoms with Gasteiger partial charge in [-0.3, -0.25) is 14.6 Å². The molecule has 0 aliphatic carbocycles. The highest BCUT2D eigenvalue weighted by Gasteiger charge is 2.13. The third-order valence-corrected chi connectivity index (χ3v) is 4.80. The number of pyridine rings is 1. The van der Waals surface area contributed by atoms with Crippen molar-refractivity contribution in [1.82, 2.24) is 9.97 Å². The molecular formula is C19H18N4O2S. The number of aryl methyl sites for hydroxylation is 1. The number of carbonyl (C=O) groups excluding carboxylic acids is 2. The normalized spacial score (nSPS) is 10.4. The summed E-state index contributed by atoms with van der Waals surface area (Å²) in [6.45, 7) is 3.34. The van der Waals surface area contributed by atoms with Crippen LogP contribution in [0.15, 0.2) is 48.8 Å². The van der Waals surface area contributed by atoms with Gasteiger partial charge >= 0.3 is 0 Å². The molecule has 0 atom stereocenters. The van der Waals surface area contributed by atoms with E-state index in [4.69, 9.17) is 0 Å². The molecule has 0 unspecified atom stereocenters. The van der Waals surface area contributed by atoms with Gasteiger partial charge in [0.15, 0.2) is 0 Å². The topological polar surface area (TPSA) is 84.0 Å². The van der Waals surface area contributed by atoms with Crippen LogP contribution in [-0.2, 0) is 16.0 Å². The van der Waals surface area contributed by atoms with Crippen LogP contribution < -0.4 is 10.6 Å². The highest BCUT2D eigenvalue weighted by Crippen LogP contribution is 2.28. The summed E-state index contributed by atoms with van der Waals surface area (Å²) in [5.41, 5.74) is 3.06. The molecule has 0 aliphatic heterocycles. The summed E-state index contributed by atoms with van der Waals surface area (Å²) < 4.78 is 0. The number of hydrogen-bond acceptors (Lipinski definition) is 5. The maximum atomic E-state index is 12.4. The molecule has 0 saturated heterocycles. The van der Waals surface area contributed by atoms with Crippen molar-refractivity contribution in [3.63, 3.8) is 0 Å². The van der Waals surface area contributed by atoms with Gasteiger partial charge in [-0.2, -0.15) is 0 Å². The van der Waals surface area contributed by atoms with Crippen LogP contribution in [0.4, 0.5) is 11.4 Å². The van der Waals surface area contributed by atoms with Gasteiger partial charge < -0.3 is 10.6 Å². The van der Waals surface area contributed by atoms with Crippen molar-refractivity contribution in [1.29, 1.82) is 0 Å². The van der Waals surface area contributed by atoms with Crippen LogP contribution in [0.25, 0.3) is 10.6 Å². The first kappa shape index (κ1) is 17.8. The summed E-state index contributed by atoms with van der Waals surface area (Å²) in [7, 11) is 0. The minimum Gasteiger partial charge on any atom is -0.326 e. The molecule has 0 aliphatic rings. The van der Waals surface area contributed by atoms with E-state index in [0.29, 0.717) is 11.4 Å². The molecule has 7 heteroatoms. The first-order valence-corrected chi connectivity index (χ1v) is 8.87. The van der Waals surface area contributed by atoms with Crippen molar-refractivity contribution < 1.29 is 9.59 Å². The molecule has 1 aromatic carbocycles. The molecule has 2 N–H and O–H groups in total. The second-order valence-electron chi connectivity index (χ2n) is 5.76. The van der Waals surface area contributed by atoms with Gasteiger partial charge in [0, 0.05) is 41.1 Å². The minimum absolute atomic E-state index is 0.130. The first-order chi connectivity index (χ1) is 12.5. The maximum Gasteiger partial charge on any atom is 0.229 e. The number of thiazole rings is 1. The van der Waals surface area contributed by atoms with Crippen LogP contribution in [0, 0.1) is 6.92 Å². The van der Waals surface area contributed by atoms with Crippen LogP contribution in [0.1, 0.15) is 17.5 Å². The molecular weight excluding hydrogens is 348 g/mol. The van der Waals surface area contributed by atoms with Crippen LogP contribution in [0.2, 0.25) is 0 Å². The Morgan fingerprint density at radius 2 is 1.88 bits per heavy atom. The Kier molecular flexibility index (Phi) is 5.38. The SMILES string of the molecule is CC(=O)Nc1cccc(NC(=O)Cc2sc(-c3cccnc3)nc2C)c1. The number of anilines is 2. The lowest BCUT2D eigenvalue weighted by molar-refractivity contribution is -0.115. The van der Waals surface area contributed by atoms with E-state index >= 15 is 0 Å². The Labute approximate surface area is 155 Å². The van der Waals surface area contributed by atoms with Crippen molar-refractivity contribution in [2.75, 3.05) is 10.6 Å². The lowest BCUT2D eigenvalue weighted by Gasteiger charge is -2.07. The Morgan fingerprint density at radius 3 is 2.58 bits per heavy atom. The quantitative estimate of drug-likeness (QED) is 0.722. The smallest absolute Gasteiger partial charge is 0.229 e. The maximum absolute atomic E-state index is 12.4. The molecule has 0 bridgehead atoms. The lowest BCUT2D eigenvalue weighted by Crippen LogP contribution is -2.14. The molecule has 0 saturated carbocycles. The van der Waals surface area contributed by atoms with Gasteiger partial charge in [-0.05, 0) is 37.3 Å². The second kappa shape index (κ2) is 7.88. The number of benzene rings is 1. The molecule has 0 radical (unpaired) electrons. The zero-order valence-electron chi connectivity index (χ0n) is 14.4. The van der Waals surface area contributed by atoms with E-state index < -0.39 is 0 Å². The molecule has 6 nitrogen and oxygen atoms in total. The number of nitrogens with one attached hydrogen (secondary N) is 2. The van der Waals surface area contributed by atoms with Crippen molar-refractivity contribution >= 4 is 34.5 Å². The van der Waals surface area contributed by atoms with E-state index in [0.717, 1.165) is 21.1 Å². The van der Waals surface area contributed by atoms with Crippen molar-refractivity contribution in [2.24, 2.45) is 0 Å². The molecule has 3 rings (SSSR count). The fraction of sp³-hybridized carbons (Fsp3) is 0.158. The Balaban J connectivity index is 1.69. The van der Waals surface area contributed by atoms with E-state index in [1.807, 2.05) is 19.1 Å². The minimum atomic E-state index is -0.156. The summed E-state index contributed by atoms with van der Waals surface area (Å²) in [6.07, 6.45) is 3.72. The summed E-state index contributed by atoms with van der Waals surface area (Å²) in [6, 6.07) is 10.9. The van der Waals surface area contributed by atoms with Crippen molar-refractivity contribution in [2.45, 2.75) is 20.3 Å². The lowest BCUT2D eigenvalue weighted by atomic mass is 10.2. The van der Waals surface area contributed by atoms with Crippen LogP contribution >= 0.6 is 11.3 Å². The highest BCUT2D eigenvalue weighted by molar-refractivity contribution is 7.15. The number of amides is 2. The largest absolute Gasteiger partial charge is 0.326 e. The number of aromatic nitrogens is 2. The molecule has 2 aromatic heterocycles. The molecule has 0 spiro atoms. The average molecular weight is 366 g/mol. The number of rotatable bonds is 5. The van der Waals surface area contributed by atoms with Gasteiger partial charge in [0.1, 0.15) is 5.01 Å². The third kappa shape index (κ3) is 4.52. The molecule has 26 heavy (non-hydrogen) atoms.